The summed E-state index contributed by atoms with van der Waals surface area (Å²) in [6.07, 6.45) is 3.55. The van der Waals surface area contributed by atoms with Crippen LogP contribution >= 0.6 is 0 Å². The number of hydrogen-bond acceptors (Lipinski definition) is 4. The molecule has 0 saturated heterocycles. The molecule has 0 aliphatic heterocycles. The number of nitrogens with zero attached hydrogens (tertiary/aromatic N) is 3. The van der Waals surface area contributed by atoms with Gasteiger partial charge in [0, 0.05) is 38.6 Å². The molecule has 5 heteroatoms. The predicted molar refractivity (Wildman–Crippen MR) is 85.6 cm³/mol. The van der Waals surface area contributed by atoms with Crippen LogP contribution in [0.2, 0.25) is 0 Å². The molecule has 0 fully saturated rings. The first-order chi connectivity index (χ1) is 9.95. The molecule has 1 unspecified atom stereocenters. The van der Waals surface area contributed by atoms with Crippen LogP contribution in [0.1, 0.15) is 19.4 Å². The Morgan fingerprint density at radius 3 is 2.52 bits per heavy atom. The quantitative estimate of drug-likeness (QED) is 0.782. The van der Waals surface area contributed by atoms with E-state index in [0.717, 1.165) is 12.1 Å². The zero-order valence-corrected chi connectivity index (χ0v) is 13.6. The lowest BCUT2D eigenvalue weighted by molar-refractivity contribution is -0.137. The van der Waals surface area contributed by atoms with Crippen molar-refractivity contribution in [1.29, 1.82) is 0 Å². The molecule has 0 aliphatic rings. The molecule has 118 valence electrons. The molecule has 0 saturated carbocycles. The summed E-state index contributed by atoms with van der Waals surface area (Å²) in [5, 5.41) is 0. The molecule has 1 heterocycles. The van der Waals surface area contributed by atoms with Gasteiger partial charge in [0.2, 0.25) is 5.91 Å². The summed E-state index contributed by atoms with van der Waals surface area (Å²) >= 11 is 0. The molecule has 0 radical (unpaired) electrons. The van der Waals surface area contributed by atoms with E-state index in [2.05, 4.69) is 9.88 Å². The number of carbonyl (C=O) groups is 1. The van der Waals surface area contributed by atoms with Gasteiger partial charge in [0.05, 0.1) is 5.92 Å². The van der Waals surface area contributed by atoms with Crippen molar-refractivity contribution in [3.8, 4) is 0 Å². The first-order valence-corrected chi connectivity index (χ1v) is 7.48. The van der Waals surface area contributed by atoms with Gasteiger partial charge in [-0.2, -0.15) is 0 Å². The van der Waals surface area contributed by atoms with Crippen molar-refractivity contribution in [1.82, 2.24) is 14.8 Å². The summed E-state index contributed by atoms with van der Waals surface area (Å²) in [5.74, 6) is 0.264. The minimum Gasteiger partial charge on any atom is -0.337 e. The number of carbonyl (C=O) groups excluding carboxylic acids is 1. The zero-order valence-electron chi connectivity index (χ0n) is 13.6. The third kappa shape index (κ3) is 5.81. The molecule has 1 aromatic rings. The van der Waals surface area contributed by atoms with Crippen molar-refractivity contribution in [2.75, 3.05) is 33.7 Å². The lowest BCUT2D eigenvalue weighted by Crippen LogP contribution is -2.43. The maximum atomic E-state index is 12.7. The Bertz CT molecular complexity index is 420. The van der Waals surface area contributed by atoms with E-state index < -0.39 is 0 Å². The molecule has 0 spiro atoms. The molecule has 0 aromatic carbocycles. The highest BCUT2D eigenvalue weighted by atomic mass is 16.2. The van der Waals surface area contributed by atoms with Gasteiger partial charge in [-0.1, -0.05) is 19.9 Å². The number of pyridine rings is 1. The fourth-order valence-electron chi connectivity index (χ4n) is 2.19. The Hall–Kier alpha value is -1.46. The van der Waals surface area contributed by atoms with Gasteiger partial charge < -0.3 is 15.5 Å². The van der Waals surface area contributed by atoms with Crippen LogP contribution < -0.4 is 5.73 Å². The van der Waals surface area contributed by atoms with E-state index in [-0.39, 0.29) is 17.7 Å². The molecule has 2 N–H and O–H groups in total. The Kier molecular flexibility index (Phi) is 7.32. The van der Waals surface area contributed by atoms with Crippen molar-refractivity contribution >= 4 is 5.91 Å². The van der Waals surface area contributed by atoms with Crippen LogP contribution in [-0.4, -0.2) is 54.4 Å². The Balaban J connectivity index is 2.82. The summed E-state index contributed by atoms with van der Waals surface area (Å²) in [5.41, 5.74) is 6.84. The number of likely N-dealkylation sites (N-methyl/N-ethyl adjacent to an activating group) is 1. The van der Waals surface area contributed by atoms with Crippen LogP contribution in [0.25, 0.3) is 0 Å². The van der Waals surface area contributed by atoms with Crippen molar-refractivity contribution in [2.24, 2.45) is 17.6 Å². The average molecular weight is 292 g/mol. The number of amides is 1. The number of aromatic nitrogens is 1. The fourth-order valence-corrected chi connectivity index (χ4v) is 2.19. The molecule has 1 amide bonds. The number of hydrogen-bond donors (Lipinski definition) is 1. The van der Waals surface area contributed by atoms with Crippen molar-refractivity contribution in [3.05, 3.63) is 30.1 Å². The minimum absolute atomic E-state index is 0.121. The summed E-state index contributed by atoms with van der Waals surface area (Å²) in [6, 6.07) is 3.89. The highest BCUT2D eigenvalue weighted by Gasteiger charge is 2.25. The van der Waals surface area contributed by atoms with Crippen LogP contribution in [0.4, 0.5) is 0 Å². The van der Waals surface area contributed by atoms with Crippen LogP contribution in [0, 0.1) is 11.8 Å². The topological polar surface area (TPSA) is 62.5 Å². The van der Waals surface area contributed by atoms with Gasteiger partial charge in [0.15, 0.2) is 0 Å². The first-order valence-electron chi connectivity index (χ1n) is 7.48. The SMILES string of the molecule is CC(C)C(CN)C(=O)N(CCN(C)C)Cc1cccnc1. The standard InChI is InChI=1S/C16H28N4O/c1-13(2)15(10-17)16(21)20(9-8-19(3)4)12-14-6-5-7-18-11-14/h5-7,11,13,15H,8-10,12,17H2,1-4H3. The van der Waals surface area contributed by atoms with Crippen molar-refractivity contribution in [2.45, 2.75) is 20.4 Å². The third-order valence-corrected chi connectivity index (χ3v) is 3.60. The van der Waals surface area contributed by atoms with Gasteiger partial charge in [-0.15, -0.1) is 0 Å². The molecular formula is C16H28N4O. The molecule has 5 nitrogen and oxygen atoms in total. The lowest BCUT2D eigenvalue weighted by Gasteiger charge is -2.29. The number of rotatable bonds is 8. The predicted octanol–water partition coefficient (Wildman–Crippen LogP) is 1.20. The van der Waals surface area contributed by atoms with Crippen LogP contribution in [0.3, 0.4) is 0 Å². The first kappa shape index (κ1) is 17.6. The van der Waals surface area contributed by atoms with Crippen molar-refractivity contribution in [3.63, 3.8) is 0 Å². The minimum atomic E-state index is -0.121. The van der Waals surface area contributed by atoms with E-state index >= 15 is 0 Å². The van der Waals surface area contributed by atoms with Gasteiger partial charge in [-0.05, 0) is 31.6 Å². The fraction of sp³-hybridized carbons (Fsp3) is 0.625. The van der Waals surface area contributed by atoms with E-state index in [1.165, 1.54) is 0 Å². The Labute approximate surface area is 128 Å². The van der Waals surface area contributed by atoms with E-state index in [1.807, 2.05) is 51.2 Å². The van der Waals surface area contributed by atoms with E-state index in [9.17, 15) is 4.79 Å². The lowest BCUT2D eigenvalue weighted by atomic mass is 9.94. The molecule has 0 bridgehead atoms. The molecule has 0 aliphatic carbocycles. The average Bonchev–Trinajstić information content (AvgIpc) is 2.44. The summed E-state index contributed by atoms with van der Waals surface area (Å²) in [4.78, 5) is 20.8. The second-order valence-electron chi connectivity index (χ2n) is 6.01. The normalized spacial score (nSPS) is 12.7. The highest BCUT2D eigenvalue weighted by Crippen LogP contribution is 2.15. The summed E-state index contributed by atoms with van der Waals surface area (Å²) in [6.45, 7) is 6.60. The second kappa shape index (κ2) is 8.74. The Morgan fingerprint density at radius 2 is 2.05 bits per heavy atom. The molecule has 1 aromatic heterocycles. The van der Waals surface area contributed by atoms with Gasteiger partial charge in [-0.25, -0.2) is 0 Å². The molecule has 1 rings (SSSR count). The second-order valence-corrected chi connectivity index (χ2v) is 6.01. The van der Waals surface area contributed by atoms with E-state index in [4.69, 9.17) is 5.73 Å². The Morgan fingerprint density at radius 1 is 1.33 bits per heavy atom. The third-order valence-electron chi connectivity index (χ3n) is 3.60. The smallest absolute Gasteiger partial charge is 0.227 e. The van der Waals surface area contributed by atoms with Crippen LogP contribution in [0.15, 0.2) is 24.5 Å². The van der Waals surface area contributed by atoms with E-state index in [1.54, 1.807) is 6.20 Å². The van der Waals surface area contributed by atoms with E-state index in [0.29, 0.717) is 19.6 Å². The van der Waals surface area contributed by atoms with Gasteiger partial charge >= 0.3 is 0 Å². The molecular weight excluding hydrogens is 264 g/mol. The number of nitrogens with two attached hydrogens (primary N) is 1. The zero-order chi connectivity index (χ0) is 15.8. The molecule has 1 atom stereocenters. The maximum absolute atomic E-state index is 12.7. The largest absolute Gasteiger partial charge is 0.337 e. The monoisotopic (exact) mass is 292 g/mol. The van der Waals surface area contributed by atoms with Gasteiger partial charge in [-0.3, -0.25) is 9.78 Å². The summed E-state index contributed by atoms with van der Waals surface area (Å²) < 4.78 is 0. The van der Waals surface area contributed by atoms with Crippen LogP contribution in [0.5, 0.6) is 0 Å². The van der Waals surface area contributed by atoms with Gasteiger partial charge in [0.25, 0.3) is 0 Å². The van der Waals surface area contributed by atoms with Crippen molar-refractivity contribution < 1.29 is 4.79 Å². The molecule has 21 heavy (non-hydrogen) atoms. The highest BCUT2D eigenvalue weighted by molar-refractivity contribution is 5.79. The maximum Gasteiger partial charge on any atom is 0.227 e. The summed E-state index contributed by atoms with van der Waals surface area (Å²) in [7, 11) is 4.02. The van der Waals surface area contributed by atoms with Crippen LogP contribution in [-0.2, 0) is 11.3 Å². The van der Waals surface area contributed by atoms with Gasteiger partial charge in [0.1, 0.15) is 0 Å².